The van der Waals surface area contributed by atoms with Gasteiger partial charge in [-0.2, -0.15) is 0 Å². The normalized spacial score (nSPS) is 12.5. The number of nitrogen functional groups attached to an aromatic ring is 1. The highest BCUT2D eigenvalue weighted by molar-refractivity contribution is 9.11. The SMILES string of the molecule is Nc1c(Br)cc(Br)c2c1C(=O)c1ccccc1-2. The summed E-state index contributed by atoms with van der Waals surface area (Å²) in [5, 5.41) is 0. The molecule has 0 heterocycles. The molecule has 0 bridgehead atoms. The Bertz CT molecular complexity index is 665. The Balaban J connectivity index is 2.47. The second-order valence-electron chi connectivity index (χ2n) is 3.88. The number of benzene rings is 2. The predicted molar refractivity (Wildman–Crippen MR) is 75.1 cm³/mol. The molecule has 84 valence electrons. The molecule has 2 aromatic carbocycles. The van der Waals surface area contributed by atoms with E-state index in [1.54, 1.807) is 0 Å². The summed E-state index contributed by atoms with van der Waals surface area (Å²) >= 11 is 6.86. The van der Waals surface area contributed by atoms with E-state index in [1.165, 1.54) is 0 Å². The number of anilines is 1. The molecule has 0 radical (unpaired) electrons. The van der Waals surface area contributed by atoms with Crippen molar-refractivity contribution >= 4 is 43.3 Å². The maximum atomic E-state index is 12.3. The Morgan fingerprint density at radius 3 is 2.29 bits per heavy atom. The van der Waals surface area contributed by atoms with Crippen LogP contribution in [0.25, 0.3) is 11.1 Å². The topological polar surface area (TPSA) is 43.1 Å². The molecule has 1 aliphatic carbocycles. The van der Waals surface area contributed by atoms with Gasteiger partial charge in [-0.3, -0.25) is 4.79 Å². The molecule has 0 amide bonds. The van der Waals surface area contributed by atoms with Crippen molar-refractivity contribution in [3.8, 4) is 11.1 Å². The lowest BCUT2D eigenvalue weighted by Crippen LogP contribution is -2.01. The number of nitrogens with two attached hydrogens (primary N) is 1. The van der Waals surface area contributed by atoms with Crippen molar-refractivity contribution < 1.29 is 4.79 Å². The molecule has 4 heteroatoms. The highest BCUT2D eigenvalue weighted by atomic mass is 79.9. The monoisotopic (exact) mass is 351 g/mol. The number of hydrogen-bond acceptors (Lipinski definition) is 2. The summed E-state index contributed by atoms with van der Waals surface area (Å²) in [6, 6.07) is 9.44. The predicted octanol–water partition coefficient (Wildman–Crippen LogP) is 4.01. The number of ketones is 1. The fourth-order valence-electron chi connectivity index (χ4n) is 2.17. The highest BCUT2D eigenvalue weighted by Crippen LogP contribution is 2.46. The van der Waals surface area contributed by atoms with Crippen LogP contribution in [-0.4, -0.2) is 5.78 Å². The van der Waals surface area contributed by atoms with Gasteiger partial charge in [0.2, 0.25) is 0 Å². The smallest absolute Gasteiger partial charge is 0.196 e. The standard InChI is InChI=1S/C13H7Br2NO/c14-8-5-9(15)12(16)11-10(8)6-3-1-2-4-7(6)13(11)17/h1-5H,16H2. The summed E-state index contributed by atoms with van der Waals surface area (Å²) < 4.78 is 1.62. The molecule has 0 aliphatic heterocycles. The quantitative estimate of drug-likeness (QED) is 0.621. The van der Waals surface area contributed by atoms with Gasteiger partial charge in [0.15, 0.2) is 5.78 Å². The fourth-order valence-corrected chi connectivity index (χ4v) is 3.54. The van der Waals surface area contributed by atoms with Crippen LogP contribution in [0.4, 0.5) is 5.69 Å². The lowest BCUT2D eigenvalue weighted by molar-refractivity contribution is 0.104. The second kappa shape index (κ2) is 3.68. The number of rotatable bonds is 0. The van der Waals surface area contributed by atoms with Crippen LogP contribution in [0.1, 0.15) is 15.9 Å². The summed E-state index contributed by atoms with van der Waals surface area (Å²) in [7, 11) is 0. The zero-order valence-electron chi connectivity index (χ0n) is 8.63. The van der Waals surface area contributed by atoms with E-state index in [9.17, 15) is 4.79 Å². The van der Waals surface area contributed by atoms with Gasteiger partial charge < -0.3 is 5.73 Å². The Labute approximate surface area is 115 Å². The Morgan fingerprint density at radius 2 is 1.59 bits per heavy atom. The molecule has 2 N–H and O–H groups in total. The van der Waals surface area contributed by atoms with Crippen LogP contribution in [0.3, 0.4) is 0 Å². The van der Waals surface area contributed by atoms with Gasteiger partial charge in [-0.1, -0.05) is 40.2 Å². The Hall–Kier alpha value is -1.13. The van der Waals surface area contributed by atoms with E-state index >= 15 is 0 Å². The number of halogens is 2. The summed E-state index contributed by atoms with van der Waals surface area (Å²) in [4.78, 5) is 12.3. The van der Waals surface area contributed by atoms with E-state index < -0.39 is 0 Å². The van der Waals surface area contributed by atoms with Gasteiger partial charge in [0, 0.05) is 20.1 Å². The van der Waals surface area contributed by atoms with Crippen molar-refractivity contribution in [2.24, 2.45) is 0 Å². The minimum absolute atomic E-state index is 0.00454. The first-order valence-corrected chi connectivity index (χ1v) is 6.61. The van der Waals surface area contributed by atoms with Crippen LogP contribution in [0.2, 0.25) is 0 Å². The first-order chi connectivity index (χ1) is 8.11. The van der Waals surface area contributed by atoms with Gasteiger partial charge in [-0.25, -0.2) is 0 Å². The molecular weight excluding hydrogens is 346 g/mol. The molecular formula is C13H7Br2NO. The molecule has 0 fully saturated rings. The van der Waals surface area contributed by atoms with Gasteiger partial charge in [-0.05, 0) is 27.6 Å². The third kappa shape index (κ3) is 1.40. The van der Waals surface area contributed by atoms with Gasteiger partial charge >= 0.3 is 0 Å². The summed E-state index contributed by atoms with van der Waals surface area (Å²) in [6.07, 6.45) is 0. The second-order valence-corrected chi connectivity index (χ2v) is 5.59. The van der Waals surface area contributed by atoms with Crippen molar-refractivity contribution in [1.82, 2.24) is 0 Å². The zero-order valence-corrected chi connectivity index (χ0v) is 11.8. The van der Waals surface area contributed by atoms with E-state index in [4.69, 9.17) is 5.73 Å². The van der Waals surface area contributed by atoms with Crippen LogP contribution in [0, 0.1) is 0 Å². The van der Waals surface area contributed by atoms with Crippen LogP contribution in [0.5, 0.6) is 0 Å². The molecule has 17 heavy (non-hydrogen) atoms. The Kier molecular flexibility index (Phi) is 2.38. The molecule has 2 nitrogen and oxygen atoms in total. The Morgan fingerprint density at radius 1 is 0.941 bits per heavy atom. The molecule has 0 saturated heterocycles. The number of carbonyl (C=O) groups excluding carboxylic acids is 1. The molecule has 2 aromatic rings. The van der Waals surface area contributed by atoms with Crippen molar-refractivity contribution in [2.75, 3.05) is 5.73 Å². The maximum Gasteiger partial charge on any atom is 0.196 e. The number of fused-ring (bicyclic) bond motifs is 3. The van der Waals surface area contributed by atoms with Gasteiger partial charge in [0.25, 0.3) is 0 Å². The van der Waals surface area contributed by atoms with Gasteiger partial charge in [-0.15, -0.1) is 0 Å². The minimum atomic E-state index is -0.00454. The summed E-state index contributed by atoms with van der Waals surface area (Å²) in [5.74, 6) is -0.00454. The van der Waals surface area contributed by atoms with E-state index in [0.717, 1.165) is 20.1 Å². The molecule has 3 rings (SSSR count). The number of hydrogen-bond donors (Lipinski definition) is 1. The zero-order chi connectivity index (χ0) is 12.2. The molecule has 0 atom stereocenters. The van der Waals surface area contributed by atoms with E-state index in [-0.39, 0.29) is 5.78 Å². The summed E-state index contributed by atoms with van der Waals surface area (Å²) in [6.45, 7) is 0. The lowest BCUT2D eigenvalue weighted by atomic mass is 10.1. The minimum Gasteiger partial charge on any atom is -0.397 e. The lowest BCUT2D eigenvalue weighted by Gasteiger charge is -2.07. The largest absolute Gasteiger partial charge is 0.397 e. The first-order valence-electron chi connectivity index (χ1n) is 5.03. The van der Waals surface area contributed by atoms with Crippen LogP contribution in [-0.2, 0) is 0 Å². The third-order valence-electron chi connectivity index (χ3n) is 2.94. The van der Waals surface area contributed by atoms with Crippen molar-refractivity contribution in [2.45, 2.75) is 0 Å². The average Bonchev–Trinajstić information content (AvgIpc) is 2.61. The van der Waals surface area contributed by atoms with Crippen LogP contribution < -0.4 is 5.73 Å². The molecule has 0 spiro atoms. The fraction of sp³-hybridized carbons (Fsp3) is 0. The molecule has 0 aromatic heterocycles. The summed E-state index contributed by atoms with van der Waals surface area (Å²) in [5.41, 5.74) is 9.63. The van der Waals surface area contributed by atoms with Gasteiger partial charge in [0.1, 0.15) is 0 Å². The van der Waals surface area contributed by atoms with E-state index in [2.05, 4.69) is 31.9 Å². The maximum absolute atomic E-state index is 12.3. The van der Waals surface area contributed by atoms with E-state index in [1.807, 2.05) is 30.3 Å². The van der Waals surface area contributed by atoms with Gasteiger partial charge in [0.05, 0.1) is 11.3 Å². The van der Waals surface area contributed by atoms with Crippen LogP contribution >= 0.6 is 31.9 Å². The third-order valence-corrected chi connectivity index (χ3v) is 4.22. The van der Waals surface area contributed by atoms with Crippen molar-refractivity contribution in [1.29, 1.82) is 0 Å². The highest BCUT2D eigenvalue weighted by Gasteiger charge is 2.31. The van der Waals surface area contributed by atoms with Crippen molar-refractivity contribution in [3.05, 3.63) is 50.4 Å². The molecule has 0 saturated carbocycles. The van der Waals surface area contributed by atoms with E-state index in [0.29, 0.717) is 16.8 Å². The molecule has 0 unspecified atom stereocenters. The molecule has 1 aliphatic rings. The van der Waals surface area contributed by atoms with Crippen LogP contribution in [0.15, 0.2) is 39.3 Å². The first kappa shape index (κ1) is 11.0. The average molecular weight is 353 g/mol. The number of carbonyl (C=O) groups is 1. The van der Waals surface area contributed by atoms with Crippen molar-refractivity contribution in [3.63, 3.8) is 0 Å².